The molecule has 1 aromatic carbocycles. The van der Waals surface area contributed by atoms with Crippen LogP contribution in [0.5, 0.6) is 0 Å². The number of primary amides is 1. The number of nitrogens with two attached hydrogens (primary N) is 1. The Hall–Kier alpha value is -3.22. The highest BCUT2D eigenvalue weighted by molar-refractivity contribution is 5.87. The van der Waals surface area contributed by atoms with Gasteiger partial charge in [0.25, 0.3) is 0 Å². The zero-order valence-electron chi connectivity index (χ0n) is 12.5. The largest absolute Gasteiger partial charge is 0.595 e. The van der Waals surface area contributed by atoms with Crippen molar-refractivity contribution in [2.45, 2.75) is 18.6 Å². The van der Waals surface area contributed by atoms with Gasteiger partial charge in [-0.1, -0.05) is 12.1 Å². The first-order valence-corrected chi connectivity index (χ1v) is 6.66. The number of hydrogen-bond acceptors (Lipinski definition) is 7. The monoisotopic (exact) mass is 357 g/mol. The number of amides is 2. The Balaban J connectivity index is 2.99. The fourth-order valence-electron chi connectivity index (χ4n) is 1.85. The molecule has 0 heterocycles. The van der Waals surface area contributed by atoms with Gasteiger partial charge in [-0.2, -0.15) is 5.23 Å². The smallest absolute Gasteiger partial charge is 0.409 e. The fourth-order valence-corrected chi connectivity index (χ4v) is 1.85. The number of carboxylic acid groups (broad SMARTS) is 2. The van der Waals surface area contributed by atoms with Crippen molar-refractivity contribution in [1.82, 2.24) is 5.32 Å². The summed E-state index contributed by atoms with van der Waals surface area (Å²) in [4.78, 5) is 44.8. The van der Waals surface area contributed by atoms with E-state index in [1.807, 2.05) is 0 Å². The van der Waals surface area contributed by atoms with E-state index in [4.69, 9.17) is 16.0 Å². The first kappa shape index (κ1) is 19.8. The fraction of sp³-hybridized carbons (Fsp3) is 0.231. The summed E-state index contributed by atoms with van der Waals surface area (Å²) in [5, 5.41) is 38.6. The topological polar surface area (TPSA) is 204 Å². The van der Waals surface area contributed by atoms with Crippen LogP contribution in [-0.2, 0) is 19.1 Å². The van der Waals surface area contributed by atoms with E-state index in [0.29, 0.717) is 0 Å². The number of carboxylic acids is 2. The lowest BCUT2D eigenvalue weighted by Crippen LogP contribution is -2.99. The van der Waals surface area contributed by atoms with E-state index in [9.17, 15) is 29.5 Å². The van der Waals surface area contributed by atoms with E-state index >= 15 is 0 Å². The second kappa shape index (κ2) is 8.58. The van der Waals surface area contributed by atoms with Crippen molar-refractivity contribution >= 4 is 29.6 Å². The minimum atomic E-state index is -2.00. The molecule has 0 aromatic heterocycles. The van der Waals surface area contributed by atoms with Gasteiger partial charge in [0.15, 0.2) is 5.69 Å². The van der Waals surface area contributed by atoms with Crippen LogP contribution in [0.25, 0.3) is 0 Å². The third-order valence-electron chi connectivity index (χ3n) is 2.92. The summed E-state index contributed by atoms with van der Waals surface area (Å²) < 4.78 is 4.62. The average molecular weight is 357 g/mol. The zero-order valence-corrected chi connectivity index (χ0v) is 12.5. The number of benzene rings is 1. The van der Waals surface area contributed by atoms with Gasteiger partial charge < -0.3 is 31.2 Å². The van der Waals surface area contributed by atoms with Crippen LogP contribution in [0.4, 0.5) is 10.5 Å². The number of ether oxygens (including phenoxy) is 1. The van der Waals surface area contributed by atoms with Crippen LogP contribution in [-0.4, -0.2) is 45.4 Å². The van der Waals surface area contributed by atoms with Gasteiger partial charge >= 0.3 is 18.0 Å². The van der Waals surface area contributed by atoms with E-state index in [1.165, 1.54) is 12.1 Å². The first-order chi connectivity index (χ1) is 11.6. The lowest BCUT2D eigenvalue weighted by molar-refractivity contribution is -0.991. The normalized spacial score (nSPS) is 14.0. The highest BCUT2D eigenvalue weighted by atomic mass is 16.8. The minimum absolute atomic E-state index is 0.320. The Morgan fingerprint density at radius 3 is 2.28 bits per heavy atom. The van der Waals surface area contributed by atoms with Crippen molar-refractivity contribution < 1.29 is 44.6 Å². The molecule has 12 nitrogen and oxygen atoms in total. The number of alkyl carbamates (subject to hydrolysis) is 1. The SMILES string of the molecule is NC(=O)C[C@@H](NC(=O)OC(C(=O)O)c1ccccc1[NH+]([O-])O)C(=O)O. The summed E-state index contributed by atoms with van der Waals surface area (Å²) in [7, 11) is 0. The first-order valence-electron chi connectivity index (χ1n) is 6.66. The Bertz CT molecular complexity index is 676. The van der Waals surface area contributed by atoms with E-state index < -0.39 is 53.4 Å². The predicted molar refractivity (Wildman–Crippen MR) is 77.4 cm³/mol. The number of quaternary nitrogens is 1. The molecule has 2 amide bonds. The Morgan fingerprint density at radius 2 is 1.80 bits per heavy atom. The van der Waals surface area contributed by atoms with Crippen molar-refractivity contribution in [2.75, 3.05) is 0 Å². The molecular weight excluding hydrogens is 342 g/mol. The van der Waals surface area contributed by atoms with E-state index in [0.717, 1.165) is 12.1 Å². The second-order valence-corrected chi connectivity index (χ2v) is 4.72. The van der Waals surface area contributed by atoms with E-state index in [2.05, 4.69) is 4.74 Å². The number of nitrogens with one attached hydrogen (secondary N) is 2. The van der Waals surface area contributed by atoms with E-state index in [1.54, 1.807) is 5.32 Å². The molecule has 1 rings (SSSR count). The van der Waals surface area contributed by atoms with Crippen molar-refractivity contribution in [3.63, 3.8) is 0 Å². The van der Waals surface area contributed by atoms with Gasteiger partial charge in [0.1, 0.15) is 6.04 Å². The molecule has 12 heteroatoms. The molecule has 136 valence electrons. The molecule has 7 N–H and O–H groups in total. The van der Waals surface area contributed by atoms with Crippen LogP contribution in [0.2, 0.25) is 0 Å². The number of carbonyl (C=O) groups is 4. The lowest BCUT2D eigenvalue weighted by Gasteiger charge is -2.20. The maximum atomic E-state index is 11.7. The van der Waals surface area contributed by atoms with Crippen LogP contribution in [0.1, 0.15) is 18.1 Å². The Labute approximate surface area is 139 Å². The summed E-state index contributed by atoms with van der Waals surface area (Å²) in [5.74, 6) is -4.28. The standard InChI is InChI=1S/C13H15N3O9/c14-9(17)5-7(11(18)19)15-13(22)25-10(12(20)21)6-3-1-2-4-8(6)16(23)24/h1-4,7,10,16,23H,5H2,(H2,14,17)(H,15,22)(H,18,19)(H,20,21)/t7-,10?/m1/s1. The van der Waals surface area contributed by atoms with Crippen molar-refractivity contribution in [3.8, 4) is 0 Å². The highest BCUT2D eigenvalue weighted by Gasteiger charge is 2.31. The van der Waals surface area contributed by atoms with Gasteiger partial charge in [-0.3, -0.25) is 4.79 Å². The highest BCUT2D eigenvalue weighted by Crippen LogP contribution is 2.23. The number of carbonyl (C=O) groups excluding carboxylic acids is 2. The molecule has 0 bridgehead atoms. The number of para-hydroxylation sites is 1. The quantitative estimate of drug-likeness (QED) is 0.292. The van der Waals surface area contributed by atoms with Crippen LogP contribution in [0.15, 0.2) is 24.3 Å². The molecule has 0 saturated carbocycles. The van der Waals surface area contributed by atoms with Gasteiger partial charge in [0.05, 0.1) is 12.0 Å². The molecule has 0 radical (unpaired) electrons. The summed E-state index contributed by atoms with van der Waals surface area (Å²) in [6, 6.07) is 3.20. The third kappa shape index (κ3) is 5.72. The van der Waals surface area contributed by atoms with Crippen molar-refractivity contribution in [3.05, 3.63) is 35.0 Å². The molecular formula is C13H15N3O9. The van der Waals surface area contributed by atoms with Crippen molar-refractivity contribution in [2.24, 2.45) is 5.73 Å². The number of hydrogen-bond donors (Lipinski definition) is 6. The maximum Gasteiger partial charge on any atom is 0.409 e. The molecule has 3 atom stereocenters. The number of rotatable bonds is 8. The summed E-state index contributed by atoms with van der Waals surface area (Å²) >= 11 is 0. The van der Waals surface area contributed by atoms with Gasteiger partial charge in [-0.25, -0.2) is 19.6 Å². The molecule has 2 unspecified atom stereocenters. The minimum Gasteiger partial charge on any atom is -0.595 e. The molecule has 0 fully saturated rings. The third-order valence-corrected chi connectivity index (χ3v) is 2.92. The number of aliphatic carboxylic acids is 2. The van der Waals surface area contributed by atoms with Crippen molar-refractivity contribution in [1.29, 1.82) is 0 Å². The predicted octanol–water partition coefficient (Wildman–Crippen LogP) is -1.73. The van der Waals surface area contributed by atoms with Crippen LogP contribution in [0, 0.1) is 5.21 Å². The van der Waals surface area contributed by atoms with Crippen LogP contribution < -0.4 is 16.3 Å². The zero-order chi connectivity index (χ0) is 19.1. The summed E-state index contributed by atoms with van der Waals surface area (Å²) in [6.45, 7) is 0. The molecule has 25 heavy (non-hydrogen) atoms. The van der Waals surface area contributed by atoms with Gasteiger partial charge in [-0.15, -0.1) is 0 Å². The molecule has 1 aromatic rings. The molecule has 0 saturated heterocycles. The molecule has 0 spiro atoms. The average Bonchev–Trinajstić information content (AvgIpc) is 2.51. The molecule has 0 aliphatic rings. The molecule has 0 aliphatic carbocycles. The second-order valence-electron chi connectivity index (χ2n) is 4.72. The van der Waals surface area contributed by atoms with Gasteiger partial charge in [-0.05, 0) is 6.07 Å². The summed E-state index contributed by atoms with van der Waals surface area (Å²) in [5.41, 5.74) is 4.12. The summed E-state index contributed by atoms with van der Waals surface area (Å²) in [6.07, 6.45) is -4.22. The van der Waals surface area contributed by atoms with Crippen LogP contribution in [0.3, 0.4) is 0 Å². The van der Waals surface area contributed by atoms with Gasteiger partial charge in [0, 0.05) is 6.07 Å². The van der Waals surface area contributed by atoms with E-state index in [-0.39, 0.29) is 5.56 Å². The van der Waals surface area contributed by atoms with Gasteiger partial charge in [0.2, 0.25) is 12.0 Å². The Morgan fingerprint density at radius 1 is 1.20 bits per heavy atom. The molecule has 0 aliphatic heterocycles. The van der Waals surface area contributed by atoms with Crippen LogP contribution >= 0.6 is 0 Å². The lowest BCUT2D eigenvalue weighted by atomic mass is 10.1. The maximum absolute atomic E-state index is 11.7. The Kier molecular flexibility index (Phi) is 6.81.